The molecule has 0 atom stereocenters. The van der Waals surface area contributed by atoms with Crippen molar-refractivity contribution in [1.82, 2.24) is 0 Å². The van der Waals surface area contributed by atoms with Crippen LogP contribution in [-0.4, -0.2) is 25.2 Å². The van der Waals surface area contributed by atoms with Crippen molar-refractivity contribution in [2.75, 3.05) is 4.23 Å². The summed E-state index contributed by atoms with van der Waals surface area (Å²) in [6.45, 7) is 0. The number of para-hydroxylation sites is 1. The average Bonchev–Trinajstić information content (AvgIpc) is 3.26. The molecule has 0 saturated carbocycles. The van der Waals surface area contributed by atoms with Crippen molar-refractivity contribution in [2.24, 2.45) is 4.30 Å². The van der Waals surface area contributed by atoms with Gasteiger partial charge >= 0.3 is 8.40 Å². The number of anilines is 1. The number of benzene rings is 8. The van der Waals surface area contributed by atoms with Crippen LogP contribution in [0.3, 0.4) is 0 Å². The van der Waals surface area contributed by atoms with Gasteiger partial charge in [0, 0.05) is 5.69 Å². The Balaban J connectivity index is 1.65. The van der Waals surface area contributed by atoms with Gasteiger partial charge in [-0.25, -0.2) is 0 Å². The molecule has 0 aliphatic rings. The SMILES string of the molecule is c1ccc(N([Si](N=[Si](c2ccccc2)c2ccccc2)(c2ccccc2)c2ccccc2)[Si](c2ccccc2)(c2ccccc2)c2ccccc2)cc1. The lowest BCUT2D eigenvalue weighted by Crippen LogP contribution is -2.88. The van der Waals surface area contributed by atoms with Crippen LogP contribution in [0, 0.1) is 0 Å². The van der Waals surface area contributed by atoms with Crippen LogP contribution in [0.1, 0.15) is 0 Å². The van der Waals surface area contributed by atoms with E-state index in [2.05, 4.69) is 247 Å². The smallest absolute Gasteiger partial charge is 0.333 e. The summed E-state index contributed by atoms with van der Waals surface area (Å²) in [6, 6.07) is 89.4. The van der Waals surface area contributed by atoms with E-state index in [0.717, 1.165) is 0 Å². The lowest BCUT2D eigenvalue weighted by atomic mass is 10.3. The van der Waals surface area contributed by atoms with Crippen molar-refractivity contribution in [3.63, 3.8) is 0 Å². The Hall–Kier alpha value is -5.99. The quantitative estimate of drug-likeness (QED) is 0.110. The number of hydrogen-bond acceptors (Lipinski definition) is 2. The summed E-state index contributed by atoms with van der Waals surface area (Å²) >= 11 is 0. The van der Waals surface area contributed by atoms with Gasteiger partial charge in [0.05, 0.1) is 0 Å². The Morgan fingerprint density at radius 1 is 0.302 bits per heavy atom. The third-order valence-electron chi connectivity index (χ3n) is 9.97. The first-order valence-corrected chi connectivity index (χ1v) is 23.4. The van der Waals surface area contributed by atoms with Gasteiger partial charge in [0.1, 0.15) is 0 Å². The predicted octanol–water partition coefficient (Wildman–Crippen LogP) is 6.49. The molecule has 2 nitrogen and oxygen atoms in total. The normalized spacial score (nSPS) is 11.4. The van der Waals surface area contributed by atoms with Crippen molar-refractivity contribution in [3.8, 4) is 0 Å². The lowest BCUT2D eigenvalue weighted by Gasteiger charge is -2.53. The van der Waals surface area contributed by atoms with E-state index < -0.39 is 25.2 Å². The van der Waals surface area contributed by atoms with Crippen molar-refractivity contribution < 1.29 is 0 Å². The Morgan fingerprint density at radius 2 is 0.566 bits per heavy atom. The molecule has 8 aromatic rings. The molecule has 0 N–H and O–H groups in total. The van der Waals surface area contributed by atoms with E-state index in [0.29, 0.717) is 0 Å². The average molecular weight is 729 g/mol. The standard InChI is InChI=1S/C48H40N2Si3/c1-9-25-41(26-10-1)50(52(44-31-15-4-16-32-44,45-33-17-5-18-34-45)46-35-19-6-20-36-46)53(47-37-21-7-22-38-47,48-39-23-8-24-40-48)49-51(42-27-11-2-12-28-42)43-29-13-3-14-30-43/h1-40H. The highest BCUT2D eigenvalue weighted by Crippen LogP contribution is 2.30. The molecule has 5 heteroatoms. The predicted molar refractivity (Wildman–Crippen MR) is 231 cm³/mol. The fourth-order valence-electron chi connectivity index (χ4n) is 7.72. The highest BCUT2D eigenvalue weighted by Gasteiger charge is 2.58. The van der Waals surface area contributed by atoms with Gasteiger partial charge in [0.2, 0.25) is 8.24 Å². The summed E-state index contributed by atoms with van der Waals surface area (Å²) in [5.41, 5.74) is 1.17. The van der Waals surface area contributed by atoms with Gasteiger partial charge in [-0.1, -0.05) is 231 Å². The maximum Gasteiger partial charge on any atom is 0.333 e. The molecular formula is C48H40N2Si3. The molecule has 0 radical (unpaired) electrons. The molecule has 0 aliphatic heterocycles. The highest BCUT2D eigenvalue weighted by atomic mass is 28.4. The van der Waals surface area contributed by atoms with Gasteiger partial charge in [0.25, 0.3) is 0 Å². The second-order valence-electron chi connectivity index (χ2n) is 13.1. The molecule has 254 valence electrons. The summed E-state index contributed by atoms with van der Waals surface area (Å²) in [4.78, 5) is 0. The van der Waals surface area contributed by atoms with E-state index >= 15 is 0 Å². The molecule has 0 saturated heterocycles. The summed E-state index contributed by atoms with van der Waals surface area (Å²) < 4.78 is 9.51. The number of rotatable bonds is 11. The fourth-order valence-corrected chi connectivity index (χ4v) is 24.2. The minimum atomic E-state index is -3.47. The molecule has 0 fully saturated rings. The minimum Gasteiger partial charge on any atom is -0.390 e. The Morgan fingerprint density at radius 3 is 0.887 bits per heavy atom. The van der Waals surface area contributed by atoms with E-state index in [1.165, 1.54) is 42.0 Å². The molecule has 0 aliphatic carbocycles. The van der Waals surface area contributed by atoms with E-state index in [1.54, 1.807) is 0 Å². The zero-order valence-electron chi connectivity index (χ0n) is 29.5. The van der Waals surface area contributed by atoms with Crippen molar-refractivity contribution in [2.45, 2.75) is 0 Å². The van der Waals surface area contributed by atoms with Gasteiger partial charge < -0.3 is 8.53 Å². The Kier molecular flexibility index (Phi) is 10.1. The lowest BCUT2D eigenvalue weighted by molar-refractivity contribution is 1.39. The first-order valence-electron chi connectivity index (χ1n) is 18.2. The molecule has 0 aromatic heterocycles. The highest BCUT2D eigenvalue weighted by molar-refractivity contribution is 7.26. The van der Waals surface area contributed by atoms with E-state index in [-0.39, 0.29) is 0 Å². The van der Waals surface area contributed by atoms with E-state index in [4.69, 9.17) is 4.30 Å². The van der Waals surface area contributed by atoms with Gasteiger partial charge in [-0.05, 0) is 48.4 Å². The zero-order valence-corrected chi connectivity index (χ0v) is 32.5. The third kappa shape index (κ3) is 6.51. The van der Waals surface area contributed by atoms with Gasteiger partial charge in [-0.15, -0.1) is 0 Å². The van der Waals surface area contributed by atoms with Crippen LogP contribution in [0.5, 0.6) is 0 Å². The summed E-state index contributed by atoms with van der Waals surface area (Å²) in [5, 5.41) is 8.99. The molecule has 0 unspecified atom stereocenters. The summed E-state index contributed by atoms with van der Waals surface area (Å²) in [7, 11) is -8.45. The molecule has 0 amide bonds. The molecular weight excluding hydrogens is 689 g/mol. The van der Waals surface area contributed by atoms with Crippen LogP contribution < -0.4 is 40.5 Å². The van der Waals surface area contributed by atoms with Crippen LogP contribution in [0.2, 0.25) is 0 Å². The first kappa shape index (κ1) is 34.1. The second kappa shape index (κ2) is 15.7. The summed E-state index contributed by atoms with van der Waals surface area (Å²) in [6.07, 6.45) is 0. The van der Waals surface area contributed by atoms with Crippen molar-refractivity contribution >= 4 is 67.2 Å². The molecule has 0 spiro atoms. The molecule has 53 heavy (non-hydrogen) atoms. The molecule has 0 heterocycles. The van der Waals surface area contributed by atoms with E-state index in [1.807, 2.05) is 0 Å². The number of hydrogen-bond donors (Lipinski definition) is 0. The second-order valence-corrected chi connectivity index (χ2v) is 22.8. The van der Waals surface area contributed by atoms with E-state index in [9.17, 15) is 0 Å². The number of nitrogens with zero attached hydrogens (tertiary/aromatic N) is 2. The minimum absolute atomic E-state index is 1.17. The first-order chi connectivity index (χ1) is 26.3. The van der Waals surface area contributed by atoms with Gasteiger partial charge in [0.15, 0.2) is 8.59 Å². The monoisotopic (exact) mass is 728 g/mol. The largest absolute Gasteiger partial charge is 0.390 e. The fraction of sp³-hybridized carbons (Fsp3) is 0. The van der Waals surface area contributed by atoms with Crippen LogP contribution in [-0.2, 0) is 0 Å². The topological polar surface area (TPSA) is 15.6 Å². The van der Waals surface area contributed by atoms with Crippen LogP contribution in [0.15, 0.2) is 247 Å². The van der Waals surface area contributed by atoms with Crippen LogP contribution >= 0.6 is 0 Å². The van der Waals surface area contributed by atoms with Gasteiger partial charge in [-0.2, -0.15) is 0 Å². The zero-order chi connectivity index (χ0) is 35.8. The van der Waals surface area contributed by atoms with Crippen molar-refractivity contribution in [3.05, 3.63) is 243 Å². The third-order valence-corrected chi connectivity index (χ3v) is 23.5. The Bertz CT molecular complexity index is 2180. The van der Waals surface area contributed by atoms with Crippen LogP contribution in [0.4, 0.5) is 5.69 Å². The molecule has 0 bridgehead atoms. The maximum absolute atomic E-state index is 6.61. The van der Waals surface area contributed by atoms with Gasteiger partial charge in [-0.3, -0.25) is 0 Å². The Labute approximate surface area is 316 Å². The maximum atomic E-state index is 6.61. The molecule has 8 rings (SSSR count). The summed E-state index contributed by atoms with van der Waals surface area (Å²) in [5.74, 6) is 0. The van der Waals surface area contributed by atoms with Crippen LogP contribution in [0.25, 0.3) is 0 Å². The molecule has 8 aromatic carbocycles. The van der Waals surface area contributed by atoms with Crippen molar-refractivity contribution in [1.29, 1.82) is 0 Å².